The minimum atomic E-state index is -0.476. The van der Waals surface area contributed by atoms with Crippen LogP contribution >= 0.6 is 31.9 Å². The molecule has 104 valence electrons. The van der Waals surface area contributed by atoms with E-state index in [4.69, 9.17) is 0 Å². The summed E-state index contributed by atoms with van der Waals surface area (Å²) in [6, 6.07) is 4.81. The van der Waals surface area contributed by atoms with Crippen LogP contribution in [0.15, 0.2) is 22.7 Å². The van der Waals surface area contributed by atoms with Crippen molar-refractivity contribution in [2.75, 3.05) is 38.1 Å². The summed E-state index contributed by atoms with van der Waals surface area (Å²) in [5.74, 6) is -0.701. The summed E-state index contributed by atoms with van der Waals surface area (Å²) >= 11 is 6.52. The Kier molecular flexibility index (Phi) is 5.36. The predicted molar refractivity (Wildman–Crippen MR) is 80.2 cm³/mol. The van der Waals surface area contributed by atoms with Gasteiger partial charge in [0.25, 0.3) is 5.91 Å². The van der Waals surface area contributed by atoms with E-state index in [1.807, 2.05) is 0 Å². The van der Waals surface area contributed by atoms with Gasteiger partial charge in [0.15, 0.2) is 0 Å². The lowest BCUT2D eigenvalue weighted by atomic mass is 10.1. The van der Waals surface area contributed by atoms with E-state index in [1.54, 1.807) is 17.0 Å². The first-order valence-corrected chi connectivity index (χ1v) is 8.06. The first-order chi connectivity index (χ1) is 9.13. The molecule has 1 amide bonds. The molecule has 0 aromatic heterocycles. The van der Waals surface area contributed by atoms with Crippen LogP contribution in [0.1, 0.15) is 10.4 Å². The van der Waals surface area contributed by atoms with Crippen molar-refractivity contribution in [3.63, 3.8) is 0 Å². The highest BCUT2D eigenvalue weighted by Gasteiger charge is 2.24. The van der Waals surface area contributed by atoms with Gasteiger partial charge in [-0.05, 0) is 28.1 Å². The molecule has 0 saturated carbocycles. The van der Waals surface area contributed by atoms with E-state index < -0.39 is 5.82 Å². The fraction of sp³-hybridized carbons (Fsp3) is 0.462. The molecular formula is C13H15Br2FN2O. The lowest BCUT2D eigenvalue weighted by molar-refractivity contribution is 0.0640. The molecule has 0 spiro atoms. The second-order valence-electron chi connectivity index (χ2n) is 4.42. The van der Waals surface area contributed by atoms with E-state index in [0.717, 1.165) is 25.0 Å². The van der Waals surface area contributed by atoms with Crippen molar-refractivity contribution in [3.8, 4) is 0 Å². The summed E-state index contributed by atoms with van der Waals surface area (Å²) < 4.78 is 14.2. The number of halogens is 3. The number of rotatable bonds is 3. The number of benzene rings is 1. The first-order valence-electron chi connectivity index (χ1n) is 6.15. The van der Waals surface area contributed by atoms with E-state index in [-0.39, 0.29) is 11.5 Å². The maximum Gasteiger partial charge on any atom is 0.256 e. The van der Waals surface area contributed by atoms with Crippen LogP contribution in [-0.2, 0) is 0 Å². The lowest BCUT2D eigenvalue weighted by Crippen LogP contribution is -2.49. The van der Waals surface area contributed by atoms with Gasteiger partial charge in [-0.1, -0.05) is 22.0 Å². The largest absolute Gasteiger partial charge is 0.336 e. The molecule has 1 aliphatic heterocycles. The van der Waals surface area contributed by atoms with E-state index in [0.29, 0.717) is 17.6 Å². The highest BCUT2D eigenvalue weighted by molar-refractivity contribution is 9.10. The van der Waals surface area contributed by atoms with Gasteiger partial charge in [0.05, 0.1) is 10.0 Å². The summed E-state index contributed by atoms with van der Waals surface area (Å²) in [4.78, 5) is 16.3. The van der Waals surface area contributed by atoms with Gasteiger partial charge in [0.1, 0.15) is 5.82 Å². The van der Waals surface area contributed by atoms with Gasteiger partial charge in [-0.25, -0.2) is 4.39 Å². The lowest BCUT2D eigenvalue weighted by Gasteiger charge is -2.34. The number of hydrogen-bond acceptors (Lipinski definition) is 2. The minimum Gasteiger partial charge on any atom is -0.336 e. The molecule has 0 atom stereocenters. The minimum absolute atomic E-state index is 0.142. The Morgan fingerprint density at radius 1 is 1.26 bits per heavy atom. The molecule has 0 bridgehead atoms. The normalized spacial score (nSPS) is 16.7. The molecule has 1 saturated heterocycles. The van der Waals surface area contributed by atoms with Crippen LogP contribution in [0.2, 0.25) is 0 Å². The van der Waals surface area contributed by atoms with Gasteiger partial charge in [0.2, 0.25) is 0 Å². The van der Waals surface area contributed by atoms with Crippen molar-refractivity contribution in [3.05, 3.63) is 34.1 Å². The van der Waals surface area contributed by atoms with Crippen molar-refractivity contribution in [2.24, 2.45) is 0 Å². The second-order valence-corrected chi connectivity index (χ2v) is 6.07. The maximum absolute atomic E-state index is 13.9. The van der Waals surface area contributed by atoms with Crippen molar-refractivity contribution in [1.29, 1.82) is 0 Å². The Bertz CT molecular complexity index is 462. The standard InChI is InChI=1S/C13H15Br2FN2O/c14-4-5-17-6-8-18(9-7-17)13(19)10-2-1-3-11(15)12(10)16/h1-3H,4-9H2. The molecular weight excluding hydrogens is 379 g/mol. The number of carbonyl (C=O) groups is 1. The van der Waals surface area contributed by atoms with E-state index in [9.17, 15) is 9.18 Å². The first kappa shape index (κ1) is 14.9. The van der Waals surface area contributed by atoms with Crippen LogP contribution in [0.25, 0.3) is 0 Å². The number of piperazine rings is 1. The van der Waals surface area contributed by atoms with Gasteiger partial charge in [-0.2, -0.15) is 0 Å². The SMILES string of the molecule is O=C(c1cccc(Br)c1F)N1CCN(CCBr)CC1. The third kappa shape index (κ3) is 3.55. The fourth-order valence-electron chi connectivity index (χ4n) is 2.13. The highest BCUT2D eigenvalue weighted by Crippen LogP contribution is 2.20. The van der Waals surface area contributed by atoms with Crippen LogP contribution in [0.3, 0.4) is 0 Å². The molecule has 19 heavy (non-hydrogen) atoms. The number of carbonyl (C=O) groups excluding carboxylic acids is 1. The van der Waals surface area contributed by atoms with Crippen molar-refractivity contribution in [2.45, 2.75) is 0 Å². The Hall–Kier alpha value is -0.460. The van der Waals surface area contributed by atoms with E-state index >= 15 is 0 Å². The molecule has 6 heteroatoms. The summed E-state index contributed by atoms with van der Waals surface area (Å²) in [6.45, 7) is 3.96. The molecule has 1 aromatic carbocycles. The molecule has 0 aliphatic carbocycles. The molecule has 0 radical (unpaired) electrons. The average molecular weight is 394 g/mol. The van der Waals surface area contributed by atoms with Gasteiger partial charge >= 0.3 is 0 Å². The number of alkyl halides is 1. The van der Waals surface area contributed by atoms with Gasteiger partial charge in [0, 0.05) is 38.1 Å². The number of hydrogen-bond donors (Lipinski definition) is 0. The summed E-state index contributed by atoms with van der Waals surface area (Å²) in [5.41, 5.74) is 0.142. The Morgan fingerprint density at radius 3 is 2.58 bits per heavy atom. The predicted octanol–water partition coefficient (Wildman–Crippen LogP) is 2.74. The molecule has 1 fully saturated rings. The molecule has 1 heterocycles. The molecule has 3 nitrogen and oxygen atoms in total. The zero-order valence-electron chi connectivity index (χ0n) is 10.4. The Labute approximate surface area is 129 Å². The van der Waals surface area contributed by atoms with Gasteiger partial charge < -0.3 is 4.90 Å². The highest BCUT2D eigenvalue weighted by atomic mass is 79.9. The molecule has 2 rings (SSSR count). The van der Waals surface area contributed by atoms with Crippen LogP contribution in [-0.4, -0.2) is 53.8 Å². The topological polar surface area (TPSA) is 23.6 Å². The third-order valence-electron chi connectivity index (χ3n) is 3.24. The van der Waals surface area contributed by atoms with Gasteiger partial charge in [-0.15, -0.1) is 0 Å². The zero-order chi connectivity index (χ0) is 13.8. The third-order valence-corrected chi connectivity index (χ3v) is 4.21. The molecule has 0 N–H and O–H groups in total. The second kappa shape index (κ2) is 6.81. The summed E-state index contributed by atoms with van der Waals surface area (Å²) in [7, 11) is 0. The Morgan fingerprint density at radius 2 is 1.95 bits per heavy atom. The van der Waals surface area contributed by atoms with E-state index in [2.05, 4.69) is 36.8 Å². The maximum atomic E-state index is 13.9. The van der Waals surface area contributed by atoms with E-state index in [1.165, 1.54) is 6.07 Å². The number of nitrogens with zero attached hydrogens (tertiary/aromatic N) is 2. The molecule has 1 aromatic rings. The van der Waals surface area contributed by atoms with Crippen molar-refractivity contribution in [1.82, 2.24) is 9.80 Å². The van der Waals surface area contributed by atoms with Crippen LogP contribution in [0.4, 0.5) is 4.39 Å². The van der Waals surface area contributed by atoms with Crippen LogP contribution in [0.5, 0.6) is 0 Å². The number of amides is 1. The van der Waals surface area contributed by atoms with Crippen molar-refractivity contribution >= 4 is 37.8 Å². The van der Waals surface area contributed by atoms with Crippen molar-refractivity contribution < 1.29 is 9.18 Å². The van der Waals surface area contributed by atoms with Crippen LogP contribution < -0.4 is 0 Å². The van der Waals surface area contributed by atoms with Gasteiger partial charge in [-0.3, -0.25) is 9.69 Å². The Balaban J connectivity index is 2.03. The quantitative estimate of drug-likeness (QED) is 0.737. The molecule has 1 aliphatic rings. The fourth-order valence-corrected chi connectivity index (χ4v) is 3.00. The average Bonchev–Trinajstić information content (AvgIpc) is 2.42. The zero-order valence-corrected chi connectivity index (χ0v) is 13.6. The molecule has 0 unspecified atom stereocenters. The monoisotopic (exact) mass is 392 g/mol. The van der Waals surface area contributed by atoms with Crippen LogP contribution in [0, 0.1) is 5.82 Å². The smallest absolute Gasteiger partial charge is 0.256 e. The summed E-state index contributed by atoms with van der Waals surface area (Å²) in [5, 5.41) is 0.932. The summed E-state index contributed by atoms with van der Waals surface area (Å²) in [6.07, 6.45) is 0.